The zero-order valence-electron chi connectivity index (χ0n) is 11.4. The predicted octanol–water partition coefficient (Wildman–Crippen LogP) is 2.68. The van der Waals surface area contributed by atoms with Gasteiger partial charge in [0.25, 0.3) is 0 Å². The molecule has 0 radical (unpaired) electrons. The summed E-state index contributed by atoms with van der Waals surface area (Å²) in [5.41, 5.74) is 0.654. The highest BCUT2D eigenvalue weighted by Gasteiger charge is 2.44. The standard InChI is InChI=1S/C15H14F2N2O2/c1-8-6-18-14(21-8)7-19-15(20)11-5-10(11)9-2-3-12(16)13(17)4-9/h2-4,6,10-11H,5,7H2,1H3,(H,19,20)/t10-,11-/m0/s1. The molecule has 1 saturated carbocycles. The van der Waals surface area contributed by atoms with Crippen molar-refractivity contribution in [3.8, 4) is 0 Å². The van der Waals surface area contributed by atoms with E-state index in [0.717, 1.165) is 12.1 Å². The van der Waals surface area contributed by atoms with E-state index in [1.165, 1.54) is 6.07 Å². The number of carbonyl (C=O) groups excluding carboxylic acids is 1. The summed E-state index contributed by atoms with van der Waals surface area (Å²) < 4.78 is 31.3. The summed E-state index contributed by atoms with van der Waals surface area (Å²) in [5, 5.41) is 2.74. The minimum absolute atomic E-state index is 0.0496. The summed E-state index contributed by atoms with van der Waals surface area (Å²) in [6, 6.07) is 3.77. The minimum atomic E-state index is -0.881. The molecule has 1 aliphatic rings. The summed E-state index contributed by atoms with van der Waals surface area (Å²) in [6.45, 7) is 2.01. The number of aromatic nitrogens is 1. The second-order valence-electron chi connectivity index (χ2n) is 5.20. The number of amides is 1. The number of oxazole rings is 1. The third-order valence-corrected chi connectivity index (χ3v) is 3.58. The Morgan fingerprint density at radius 3 is 2.90 bits per heavy atom. The number of nitrogens with one attached hydrogen (secondary N) is 1. The summed E-state index contributed by atoms with van der Waals surface area (Å²) in [5.74, 6) is -0.998. The molecule has 2 atom stereocenters. The van der Waals surface area contributed by atoms with Crippen LogP contribution in [0.3, 0.4) is 0 Å². The molecule has 3 rings (SSSR count). The highest BCUT2D eigenvalue weighted by atomic mass is 19.2. The molecule has 1 N–H and O–H groups in total. The summed E-state index contributed by atoms with van der Waals surface area (Å²) in [7, 11) is 0. The van der Waals surface area contributed by atoms with Crippen LogP contribution in [-0.2, 0) is 11.3 Å². The highest BCUT2D eigenvalue weighted by molar-refractivity contribution is 5.82. The van der Waals surface area contributed by atoms with Gasteiger partial charge in [-0.1, -0.05) is 6.07 Å². The molecule has 0 unspecified atom stereocenters. The predicted molar refractivity (Wildman–Crippen MR) is 70.3 cm³/mol. The fourth-order valence-electron chi connectivity index (χ4n) is 2.37. The maximum Gasteiger partial charge on any atom is 0.224 e. The number of hydrogen-bond acceptors (Lipinski definition) is 3. The van der Waals surface area contributed by atoms with E-state index in [1.54, 1.807) is 13.1 Å². The Morgan fingerprint density at radius 2 is 2.24 bits per heavy atom. The monoisotopic (exact) mass is 292 g/mol. The molecule has 1 amide bonds. The van der Waals surface area contributed by atoms with E-state index in [9.17, 15) is 13.6 Å². The van der Waals surface area contributed by atoms with Crippen LogP contribution in [0.4, 0.5) is 8.78 Å². The van der Waals surface area contributed by atoms with Gasteiger partial charge in [0.05, 0.1) is 12.7 Å². The normalized spacial score (nSPS) is 20.3. The molecule has 2 aromatic rings. The Morgan fingerprint density at radius 1 is 1.43 bits per heavy atom. The topological polar surface area (TPSA) is 55.1 Å². The molecule has 0 bridgehead atoms. The molecule has 6 heteroatoms. The lowest BCUT2D eigenvalue weighted by Gasteiger charge is -2.03. The molecular weight excluding hydrogens is 278 g/mol. The van der Waals surface area contributed by atoms with Gasteiger partial charge in [-0.05, 0) is 37.0 Å². The molecule has 0 aliphatic heterocycles. The lowest BCUT2D eigenvalue weighted by molar-refractivity contribution is -0.122. The van der Waals surface area contributed by atoms with Crippen LogP contribution in [0.1, 0.15) is 29.6 Å². The average molecular weight is 292 g/mol. The number of nitrogens with zero attached hydrogens (tertiary/aromatic N) is 1. The summed E-state index contributed by atoms with van der Waals surface area (Å²) in [4.78, 5) is 16.0. The van der Waals surface area contributed by atoms with Gasteiger partial charge in [-0.2, -0.15) is 0 Å². The third-order valence-electron chi connectivity index (χ3n) is 3.58. The van der Waals surface area contributed by atoms with Crippen LogP contribution in [0.5, 0.6) is 0 Å². The second kappa shape index (κ2) is 5.27. The molecule has 110 valence electrons. The first-order valence-electron chi connectivity index (χ1n) is 6.68. The van der Waals surface area contributed by atoms with E-state index in [4.69, 9.17) is 4.42 Å². The molecule has 1 heterocycles. The molecule has 0 saturated heterocycles. The Balaban J connectivity index is 1.57. The Bertz CT molecular complexity index is 684. The Labute approximate surface area is 120 Å². The minimum Gasteiger partial charge on any atom is -0.444 e. The Kier molecular flexibility index (Phi) is 3.45. The van der Waals surface area contributed by atoms with Crippen LogP contribution in [0, 0.1) is 24.5 Å². The number of halogens is 2. The van der Waals surface area contributed by atoms with Gasteiger partial charge in [-0.3, -0.25) is 4.79 Å². The zero-order chi connectivity index (χ0) is 15.0. The molecular formula is C15H14F2N2O2. The van der Waals surface area contributed by atoms with Crippen LogP contribution in [0.2, 0.25) is 0 Å². The van der Waals surface area contributed by atoms with Crippen molar-refractivity contribution in [2.45, 2.75) is 25.8 Å². The van der Waals surface area contributed by atoms with E-state index in [-0.39, 0.29) is 24.3 Å². The van der Waals surface area contributed by atoms with Crippen molar-refractivity contribution < 1.29 is 18.0 Å². The molecule has 4 nitrogen and oxygen atoms in total. The van der Waals surface area contributed by atoms with Crippen LogP contribution < -0.4 is 5.32 Å². The SMILES string of the molecule is Cc1cnc(CNC(=O)[C@H]2C[C@H]2c2ccc(F)c(F)c2)o1. The van der Waals surface area contributed by atoms with Gasteiger partial charge < -0.3 is 9.73 Å². The van der Waals surface area contributed by atoms with E-state index in [2.05, 4.69) is 10.3 Å². The lowest BCUT2D eigenvalue weighted by Crippen LogP contribution is -2.25. The maximum atomic E-state index is 13.2. The molecule has 1 fully saturated rings. The van der Waals surface area contributed by atoms with Crippen LogP contribution in [0.25, 0.3) is 0 Å². The van der Waals surface area contributed by atoms with Gasteiger partial charge in [-0.15, -0.1) is 0 Å². The first kappa shape index (κ1) is 13.7. The van der Waals surface area contributed by atoms with Crippen molar-refractivity contribution in [2.75, 3.05) is 0 Å². The third kappa shape index (κ3) is 2.94. The van der Waals surface area contributed by atoms with Gasteiger partial charge in [0, 0.05) is 5.92 Å². The van der Waals surface area contributed by atoms with Crippen molar-refractivity contribution in [3.63, 3.8) is 0 Å². The molecule has 1 aliphatic carbocycles. The summed E-state index contributed by atoms with van der Waals surface area (Å²) >= 11 is 0. The van der Waals surface area contributed by atoms with Gasteiger partial charge in [0.15, 0.2) is 11.6 Å². The second-order valence-corrected chi connectivity index (χ2v) is 5.20. The van der Waals surface area contributed by atoms with Crippen molar-refractivity contribution in [1.29, 1.82) is 0 Å². The summed E-state index contributed by atoms with van der Waals surface area (Å²) in [6.07, 6.45) is 2.23. The van der Waals surface area contributed by atoms with Crippen LogP contribution in [0.15, 0.2) is 28.8 Å². The molecule has 21 heavy (non-hydrogen) atoms. The molecule has 0 spiro atoms. The molecule has 1 aromatic carbocycles. The largest absolute Gasteiger partial charge is 0.444 e. The fraction of sp³-hybridized carbons (Fsp3) is 0.333. The highest BCUT2D eigenvalue weighted by Crippen LogP contribution is 2.47. The quantitative estimate of drug-likeness (QED) is 0.942. The van der Waals surface area contributed by atoms with Gasteiger partial charge in [0.2, 0.25) is 11.8 Å². The van der Waals surface area contributed by atoms with E-state index in [1.807, 2.05) is 0 Å². The van der Waals surface area contributed by atoms with E-state index >= 15 is 0 Å². The number of hydrogen-bond donors (Lipinski definition) is 1. The van der Waals surface area contributed by atoms with Crippen LogP contribution in [-0.4, -0.2) is 10.9 Å². The van der Waals surface area contributed by atoms with Crippen molar-refractivity contribution >= 4 is 5.91 Å². The number of carbonyl (C=O) groups is 1. The van der Waals surface area contributed by atoms with Crippen molar-refractivity contribution in [2.24, 2.45) is 5.92 Å². The van der Waals surface area contributed by atoms with Crippen molar-refractivity contribution in [3.05, 3.63) is 53.2 Å². The lowest BCUT2D eigenvalue weighted by atomic mass is 10.1. The zero-order valence-corrected chi connectivity index (χ0v) is 11.4. The fourth-order valence-corrected chi connectivity index (χ4v) is 2.37. The molecule has 1 aromatic heterocycles. The number of rotatable bonds is 4. The van der Waals surface area contributed by atoms with Gasteiger partial charge in [-0.25, -0.2) is 13.8 Å². The van der Waals surface area contributed by atoms with E-state index < -0.39 is 11.6 Å². The first-order valence-corrected chi connectivity index (χ1v) is 6.68. The van der Waals surface area contributed by atoms with E-state index in [0.29, 0.717) is 23.6 Å². The van der Waals surface area contributed by atoms with Gasteiger partial charge in [0.1, 0.15) is 5.76 Å². The van der Waals surface area contributed by atoms with Crippen molar-refractivity contribution in [1.82, 2.24) is 10.3 Å². The maximum absolute atomic E-state index is 13.2. The average Bonchev–Trinajstić information content (AvgIpc) is 3.15. The van der Waals surface area contributed by atoms with Crippen LogP contribution >= 0.6 is 0 Å². The Hall–Kier alpha value is -2.24. The number of aryl methyl sites for hydroxylation is 1. The smallest absolute Gasteiger partial charge is 0.224 e. The number of benzene rings is 1. The van der Waals surface area contributed by atoms with Gasteiger partial charge >= 0.3 is 0 Å². The first-order chi connectivity index (χ1) is 10.0.